The summed E-state index contributed by atoms with van der Waals surface area (Å²) in [7, 11) is 0. The zero-order valence-electron chi connectivity index (χ0n) is 14.0. The van der Waals surface area contributed by atoms with Gasteiger partial charge in [-0.15, -0.1) is 0 Å². The third-order valence-corrected chi connectivity index (χ3v) is 4.47. The zero-order chi connectivity index (χ0) is 18.4. The topological polar surface area (TPSA) is 93.4 Å². The quantitative estimate of drug-likeness (QED) is 0.499. The first kappa shape index (κ1) is 15.4. The van der Waals surface area contributed by atoms with Crippen LogP contribution >= 0.6 is 0 Å². The number of hydrogen-bond acceptors (Lipinski definition) is 5. The SMILES string of the molecule is Nc1nc(-c2ccc(F)cc2)c(-c2ccc3nc[nH]c3c2)c2nccnc12. The first-order valence-electron chi connectivity index (χ1n) is 8.30. The molecule has 0 amide bonds. The highest BCUT2D eigenvalue weighted by Crippen LogP contribution is 2.37. The molecule has 0 saturated heterocycles. The normalized spacial score (nSPS) is 11.3. The van der Waals surface area contributed by atoms with E-state index in [4.69, 9.17) is 5.73 Å². The van der Waals surface area contributed by atoms with E-state index in [0.29, 0.717) is 16.7 Å². The molecule has 0 unspecified atom stereocenters. The van der Waals surface area contributed by atoms with Gasteiger partial charge in [0.15, 0.2) is 5.82 Å². The van der Waals surface area contributed by atoms with E-state index in [1.165, 1.54) is 12.1 Å². The Bertz CT molecular complexity index is 1290. The molecule has 0 bridgehead atoms. The van der Waals surface area contributed by atoms with E-state index in [1.807, 2.05) is 18.2 Å². The molecule has 0 saturated carbocycles. The molecule has 0 atom stereocenters. The molecule has 3 N–H and O–H groups in total. The van der Waals surface area contributed by atoms with Gasteiger partial charge in [0.25, 0.3) is 0 Å². The van der Waals surface area contributed by atoms with Gasteiger partial charge in [-0.25, -0.2) is 19.3 Å². The van der Waals surface area contributed by atoms with Crippen LogP contribution in [0.1, 0.15) is 0 Å². The highest BCUT2D eigenvalue weighted by Gasteiger charge is 2.18. The second-order valence-corrected chi connectivity index (χ2v) is 6.12. The number of fused-ring (bicyclic) bond motifs is 2. The second-order valence-electron chi connectivity index (χ2n) is 6.12. The molecule has 5 rings (SSSR count). The first-order valence-corrected chi connectivity index (χ1v) is 8.30. The smallest absolute Gasteiger partial charge is 0.152 e. The highest BCUT2D eigenvalue weighted by molar-refractivity contribution is 6.03. The van der Waals surface area contributed by atoms with E-state index in [9.17, 15) is 4.39 Å². The van der Waals surface area contributed by atoms with Crippen LogP contribution in [-0.4, -0.2) is 24.9 Å². The summed E-state index contributed by atoms with van der Waals surface area (Å²) >= 11 is 0. The maximum atomic E-state index is 13.4. The van der Waals surface area contributed by atoms with Crippen molar-refractivity contribution in [3.63, 3.8) is 0 Å². The van der Waals surface area contributed by atoms with Crippen LogP contribution in [0.5, 0.6) is 0 Å². The molecular formula is C20H13FN6. The van der Waals surface area contributed by atoms with Crippen molar-refractivity contribution in [1.29, 1.82) is 0 Å². The molecule has 0 aliphatic rings. The molecule has 5 aromatic rings. The van der Waals surface area contributed by atoms with Gasteiger partial charge >= 0.3 is 0 Å². The average molecular weight is 356 g/mol. The number of nitrogens with two attached hydrogens (primary N) is 1. The zero-order valence-corrected chi connectivity index (χ0v) is 14.0. The van der Waals surface area contributed by atoms with Crippen LogP contribution < -0.4 is 5.73 Å². The van der Waals surface area contributed by atoms with Gasteiger partial charge in [-0.3, -0.25) is 4.98 Å². The molecule has 0 fully saturated rings. The maximum Gasteiger partial charge on any atom is 0.152 e. The molecule has 3 heterocycles. The minimum absolute atomic E-state index is 0.281. The Balaban J connectivity index is 1.88. The van der Waals surface area contributed by atoms with Gasteiger partial charge in [0.2, 0.25) is 0 Å². The van der Waals surface area contributed by atoms with Crippen molar-refractivity contribution in [3.8, 4) is 22.4 Å². The van der Waals surface area contributed by atoms with Crippen molar-refractivity contribution in [3.05, 3.63) is 67.0 Å². The molecule has 2 aromatic carbocycles. The highest BCUT2D eigenvalue weighted by atomic mass is 19.1. The lowest BCUT2D eigenvalue weighted by atomic mass is 9.97. The standard InChI is InChI=1S/C20H13FN6/c21-13-4-1-11(2-5-13)17-16(12-3-6-14-15(9-12)26-10-25-14)18-19(20(22)27-17)24-8-7-23-18/h1-10H,(H2,22,27)(H,25,26). The van der Waals surface area contributed by atoms with Crippen molar-refractivity contribution in [2.24, 2.45) is 0 Å². The van der Waals surface area contributed by atoms with Gasteiger partial charge in [-0.1, -0.05) is 6.07 Å². The Hall–Kier alpha value is -3.87. The van der Waals surface area contributed by atoms with Crippen molar-refractivity contribution in [2.45, 2.75) is 0 Å². The van der Waals surface area contributed by atoms with Gasteiger partial charge in [-0.05, 0) is 42.0 Å². The van der Waals surface area contributed by atoms with Crippen molar-refractivity contribution >= 4 is 27.9 Å². The monoisotopic (exact) mass is 356 g/mol. The van der Waals surface area contributed by atoms with E-state index in [0.717, 1.165) is 27.7 Å². The first-order chi connectivity index (χ1) is 13.2. The number of nitrogens with zero attached hydrogens (tertiary/aromatic N) is 4. The number of pyridine rings is 1. The molecular weight excluding hydrogens is 343 g/mol. The Labute approximate surface area is 153 Å². The summed E-state index contributed by atoms with van der Waals surface area (Å²) in [4.78, 5) is 20.8. The molecule has 0 spiro atoms. The average Bonchev–Trinajstić information content (AvgIpc) is 3.16. The maximum absolute atomic E-state index is 13.4. The number of imidazole rings is 1. The van der Waals surface area contributed by atoms with E-state index in [-0.39, 0.29) is 11.6 Å². The van der Waals surface area contributed by atoms with Gasteiger partial charge in [-0.2, -0.15) is 0 Å². The van der Waals surface area contributed by atoms with Gasteiger partial charge in [0.05, 0.1) is 23.1 Å². The number of nitrogens with one attached hydrogen (secondary N) is 1. The number of halogens is 1. The van der Waals surface area contributed by atoms with Gasteiger partial charge < -0.3 is 10.7 Å². The predicted molar refractivity (Wildman–Crippen MR) is 102 cm³/mol. The minimum atomic E-state index is -0.312. The van der Waals surface area contributed by atoms with Crippen LogP contribution in [0, 0.1) is 5.82 Å². The molecule has 130 valence electrons. The lowest BCUT2D eigenvalue weighted by molar-refractivity contribution is 0.628. The van der Waals surface area contributed by atoms with Crippen molar-refractivity contribution in [2.75, 3.05) is 5.73 Å². The minimum Gasteiger partial charge on any atom is -0.382 e. The van der Waals surface area contributed by atoms with Gasteiger partial charge in [0.1, 0.15) is 16.9 Å². The number of aromatic nitrogens is 5. The van der Waals surface area contributed by atoms with Crippen LogP contribution in [0.25, 0.3) is 44.5 Å². The predicted octanol–water partition coefficient (Wildman–Crippen LogP) is 3.96. The second kappa shape index (κ2) is 5.84. The van der Waals surface area contributed by atoms with Crippen molar-refractivity contribution < 1.29 is 4.39 Å². The fourth-order valence-corrected chi connectivity index (χ4v) is 3.23. The fraction of sp³-hybridized carbons (Fsp3) is 0. The van der Waals surface area contributed by atoms with E-state index in [2.05, 4.69) is 24.9 Å². The number of aromatic amines is 1. The third-order valence-electron chi connectivity index (χ3n) is 4.47. The molecule has 0 aliphatic carbocycles. The number of anilines is 1. The number of rotatable bonds is 2. The molecule has 7 heteroatoms. The Morgan fingerprint density at radius 1 is 0.852 bits per heavy atom. The van der Waals surface area contributed by atoms with E-state index in [1.54, 1.807) is 30.9 Å². The van der Waals surface area contributed by atoms with Crippen LogP contribution in [0.3, 0.4) is 0 Å². The van der Waals surface area contributed by atoms with Crippen LogP contribution in [0.4, 0.5) is 10.2 Å². The molecule has 6 nitrogen and oxygen atoms in total. The van der Waals surface area contributed by atoms with Gasteiger partial charge in [0, 0.05) is 23.5 Å². The molecule has 0 radical (unpaired) electrons. The van der Waals surface area contributed by atoms with E-state index >= 15 is 0 Å². The molecule has 27 heavy (non-hydrogen) atoms. The van der Waals surface area contributed by atoms with Crippen LogP contribution in [0.15, 0.2) is 61.2 Å². The Morgan fingerprint density at radius 2 is 1.59 bits per heavy atom. The van der Waals surface area contributed by atoms with Crippen LogP contribution in [-0.2, 0) is 0 Å². The molecule has 0 aliphatic heterocycles. The fourth-order valence-electron chi connectivity index (χ4n) is 3.23. The summed E-state index contributed by atoms with van der Waals surface area (Å²) in [6.07, 6.45) is 4.85. The summed E-state index contributed by atoms with van der Waals surface area (Å²) in [5.74, 6) is -0.0310. The molecule has 3 aromatic heterocycles. The lowest BCUT2D eigenvalue weighted by Crippen LogP contribution is -2.01. The van der Waals surface area contributed by atoms with E-state index < -0.39 is 0 Å². The summed E-state index contributed by atoms with van der Waals surface area (Å²) in [5, 5.41) is 0. The summed E-state index contributed by atoms with van der Waals surface area (Å²) in [6, 6.07) is 12.0. The Kier molecular flexibility index (Phi) is 3.33. The largest absolute Gasteiger partial charge is 0.382 e. The number of nitrogen functional groups attached to an aromatic ring is 1. The Morgan fingerprint density at radius 3 is 2.41 bits per heavy atom. The van der Waals surface area contributed by atoms with Crippen LogP contribution in [0.2, 0.25) is 0 Å². The number of benzene rings is 2. The van der Waals surface area contributed by atoms with Crippen molar-refractivity contribution in [1.82, 2.24) is 24.9 Å². The summed E-state index contributed by atoms with van der Waals surface area (Å²) in [6.45, 7) is 0. The lowest BCUT2D eigenvalue weighted by Gasteiger charge is -2.13. The summed E-state index contributed by atoms with van der Waals surface area (Å²) < 4.78 is 13.4. The number of H-pyrrole nitrogens is 1. The summed E-state index contributed by atoms with van der Waals surface area (Å²) in [5.41, 5.74) is 12.1. The third kappa shape index (κ3) is 2.48. The number of hydrogen-bond donors (Lipinski definition) is 2.